The van der Waals surface area contributed by atoms with E-state index in [0.717, 1.165) is 0 Å². The first-order chi connectivity index (χ1) is 12.0. The molecular weight excluding hydrogens is 473 g/mol. The van der Waals surface area contributed by atoms with Crippen molar-refractivity contribution in [2.45, 2.75) is 0 Å². The molecule has 3 amide bonds. The van der Waals surface area contributed by atoms with Crippen LogP contribution in [0.25, 0.3) is 0 Å². The molecule has 0 atom stereocenters. The van der Waals surface area contributed by atoms with Gasteiger partial charge in [-0.05, 0) is 18.2 Å². The van der Waals surface area contributed by atoms with Crippen LogP contribution >= 0.6 is 35.6 Å². The Kier molecular flexibility index (Phi) is 9.49. The number of imide groups is 1. The minimum absolute atomic E-state index is 0. The standard InChI is InChI=1S/C16H22ClN5O3.HI/c1-18-15(19-6-7-22-14(23)11-20-16(22)24)21(2)8-9-25-13-5-3-4-12(17)10-13;/h3-5,10H,6-9,11H2,1-2H3,(H,18,19)(H,20,24);1H. The van der Waals surface area contributed by atoms with Gasteiger partial charge in [-0.3, -0.25) is 14.7 Å². The number of nitrogens with zero attached hydrogens (tertiary/aromatic N) is 3. The number of carbonyl (C=O) groups is 2. The van der Waals surface area contributed by atoms with Crippen LogP contribution in [0.1, 0.15) is 0 Å². The summed E-state index contributed by atoms with van der Waals surface area (Å²) >= 11 is 5.91. The van der Waals surface area contributed by atoms with E-state index in [-0.39, 0.29) is 49.0 Å². The van der Waals surface area contributed by atoms with Crippen LogP contribution in [0.15, 0.2) is 29.3 Å². The van der Waals surface area contributed by atoms with Crippen LogP contribution < -0.4 is 15.4 Å². The Labute approximate surface area is 174 Å². The van der Waals surface area contributed by atoms with Crippen molar-refractivity contribution >= 4 is 53.5 Å². The number of urea groups is 1. The van der Waals surface area contributed by atoms with Gasteiger partial charge in [0.2, 0.25) is 5.91 Å². The molecule has 10 heteroatoms. The Hall–Kier alpha value is -1.75. The maximum Gasteiger partial charge on any atom is 0.324 e. The van der Waals surface area contributed by atoms with Crippen molar-refractivity contribution in [1.29, 1.82) is 0 Å². The molecule has 1 aromatic carbocycles. The van der Waals surface area contributed by atoms with E-state index in [2.05, 4.69) is 15.6 Å². The molecule has 1 saturated heterocycles. The second kappa shape index (κ2) is 11.1. The van der Waals surface area contributed by atoms with Gasteiger partial charge in [0.15, 0.2) is 5.96 Å². The molecule has 0 spiro atoms. The number of hydrogen-bond acceptors (Lipinski definition) is 4. The summed E-state index contributed by atoms with van der Waals surface area (Å²) in [6.45, 7) is 1.84. The van der Waals surface area contributed by atoms with Gasteiger partial charge in [-0.25, -0.2) is 4.79 Å². The highest BCUT2D eigenvalue weighted by Crippen LogP contribution is 2.16. The molecular formula is C16H23ClIN5O3. The smallest absolute Gasteiger partial charge is 0.324 e. The molecule has 2 N–H and O–H groups in total. The molecule has 0 aliphatic carbocycles. The molecule has 2 rings (SSSR count). The molecule has 26 heavy (non-hydrogen) atoms. The molecule has 1 aliphatic rings. The second-order valence-electron chi connectivity index (χ2n) is 5.41. The summed E-state index contributed by atoms with van der Waals surface area (Å²) in [4.78, 5) is 30.2. The normalized spacial score (nSPS) is 14.0. The summed E-state index contributed by atoms with van der Waals surface area (Å²) in [5, 5.41) is 6.23. The van der Waals surface area contributed by atoms with Crippen molar-refractivity contribution in [2.24, 2.45) is 4.99 Å². The molecule has 0 bridgehead atoms. The van der Waals surface area contributed by atoms with Crippen LogP contribution in [-0.2, 0) is 4.79 Å². The molecule has 1 aliphatic heterocycles. The Morgan fingerprint density at radius 3 is 2.85 bits per heavy atom. The van der Waals surface area contributed by atoms with Crippen LogP contribution in [0.3, 0.4) is 0 Å². The number of rotatable bonds is 7. The fraction of sp³-hybridized carbons (Fsp3) is 0.438. The first kappa shape index (κ1) is 22.3. The molecule has 1 aromatic rings. The molecule has 0 radical (unpaired) electrons. The van der Waals surface area contributed by atoms with Gasteiger partial charge in [0.1, 0.15) is 12.4 Å². The monoisotopic (exact) mass is 495 g/mol. The highest BCUT2D eigenvalue weighted by molar-refractivity contribution is 14.0. The molecule has 0 saturated carbocycles. The largest absolute Gasteiger partial charge is 0.492 e. The highest BCUT2D eigenvalue weighted by atomic mass is 127. The first-order valence-corrected chi connectivity index (χ1v) is 8.27. The van der Waals surface area contributed by atoms with E-state index in [0.29, 0.717) is 36.4 Å². The van der Waals surface area contributed by atoms with Gasteiger partial charge < -0.3 is 20.3 Å². The quantitative estimate of drug-likeness (QED) is 0.258. The van der Waals surface area contributed by atoms with Gasteiger partial charge >= 0.3 is 6.03 Å². The van der Waals surface area contributed by atoms with Gasteiger partial charge in [0.05, 0.1) is 13.1 Å². The third kappa shape index (κ3) is 6.52. The van der Waals surface area contributed by atoms with Gasteiger partial charge in [-0.2, -0.15) is 0 Å². The topological polar surface area (TPSA) is 86.3 Å². The van der Waals surface area contributed by atoms with Gasteiger partial charge in [-0.15, -0.1) is 24.0 Å². The Bertz CT molecular complexity index is 643. The summed E-state index contributed by atoms with van der Waals surface area (Å²) in [6.07, 6.45) is 0. The van der Waals surface area contributed by atoms with Crippen molar-refractivity contribution in [3.05, 3.63) is 29.3 Å². The summed E-state index contributed by atoms with van der Waals surface area (Å²) in [5.41, 5.74) is 0. The van der Waals surface area contributed by atoms with E-state index in [1.54, 1.807) is 19.2 Å². The van der Waals surface area contributed by atoms with Crippen LogP contribution in [0.5, 0.6) is 5.75 Å². The Morgan fingerprint density at radius 2 is 2.23 bits per heavy atom. The number of nitrogens with one attached hydrogen (secondary N) is 2. The summed E-state index contributed by atoms with van der Waals surface area (Å²) in [5.74, 6) is 1.15. The number of benzene rings is 1. The lowest BCUT2D eigenvalue weighted by atomic mass is 10.3. The summed E-state index contributed by atoms with van der Waals surface area (Å²) in [6, 6.07) is 6.86. The second-order valence-corrected chi connectivity index (χ2v) is 5.84. The van der Waals surface area contributed by atoms with Crippen molar-refractivity contribution < 1.29 is 14.3 Å². The van der Waals surface area contributed by atoms with E-state index in [4.69, 9.17) is 16.3 Å². The summed E-state index contributed by atoms with van der Waals surface area (Å²) < 4.78 is 5.65. The SMILES string of the molecule is CN=C(NCCN1C(=O)CNC1=O)N(C)CCOc1cccc(Cl)c1.I. The van der Waals surface area contributed by atoms with Crippen LogP contribution in [0.4, 0.5) is 4.79 Å². The third-order valence-electron chi connectivity index (χ3n) is 3.62. The number of carbonyl (C=O) groups excluding carboxylic acids is 2. The Morgan fingerprint density at radius 1 is 1.46 bits per heavy atom. The molecule has 0 aromatic heterocycles. The average molecular weight is 496 g/mol. The van der Waals surface area contributed by atoms with Crippen molar-refractivity contribution in [3.8, 4) is 5.75 Å². The zero-order valence-corrected chi connectivity index (χ0v) is 17.8. The van der Waals surface area contributed by atoms with E-state index in [1.165, 1.54) is 4.90 Å². The predicted octanol–water partition coefficient (Wildman–Crippen LogP) is 1.40. The number of aliphatic imine (C=N–C) groups is 1. The molecule has 1 fully saturated rings. The fourth-order valence-corrected chi connectivity index (χ4v) is 2.49. The predicted molar refractivity (Wildman–Crippen MR) is 111 cm³/mol. The molecule has 8 nitrogen and oxygen atoms in total. The zero-order valence-electron chi connectivity index (χ0n) is 14.7. The third-order valence-corrected chi connectivity index (χ3v) is 3.86. The average Bonchev–Trinajstić information content (AvgIpc) is 2.90. The minimum atomic E-state index is -0.356. The zero-order chi connectivity index (χ0) is 18.2. The fourth-order valence-electron chi connectivity index (χ4n) is 2.31. The van der Waals surface area contributed by atoms with Gasteiger partial charge in [0, 0.05) is 32.2 Å². The highest BCUT2D eigenvalue weighted by Gasteiger charge is 2.27. The number of amides is 3. The van der Waals surface area contributed by atoms with Crippen molar-refractivity contribution in [1.82, 2.24) is 20.4 Å². The number of ether oxygens (including phenoxy) is 1. The van der Waals surface area contributed by atoms with Gasteiger partial charge in [0.25, 0.3) is 0 Å². The number of hydrogen-bond donors (Lipinski definition) is 2. The lowest BCUT2D eigenvalue weighted by Gasteiger charge is -2.23. The van der Waals surface area contributed by atoms with E-state index >= 15 is 0 Å². The van der Waals surface area contributed by atoms with Gasteiger partial charge in [-0.1, -0.05) is 17.7 Å². The van der Waals surface area contributed by atoms with Crippen molar-refractivity contribution in [2.75, 3.05) is 46.9 Å². The molecule has 144 valence electrons. The van der Waals surface area contributed by atoms with E-state index < -0.39 is 0 Å². The Balaban J connectivity index is 0.00000338. The van der Waals surface area contributed by atoms with E-state index in [1.807, 2.05) is 24.1 Å². The maximum atomic E-state index is 11.5. The number of guanidine groups is 1. The lowest BCUT2D eigenvalue weighted by Crippen LogP contribution is -2.44. The maximum absolute atomic E-state index is 11.5. The molecule has 1 heterocycles. The van der Waals surface area contributed by atoms with Crippen LogP contribution in [0.2, 0.25) is 5.02 Å². The number of likely N-dealkylation sites (N-methyl/N-ethyl adjacent to an activating group) is 1. The minimum Gasteiger partial charge on any atom is -0.492 e. The van der Waals surface area contributed by atoms with Crippen LogP contribution in [-0.4, -0.2) is 74.6 Å². The number of halogens is 2. The summed E-state index contributed by atoms with van der Waals surface area (Å²) in [7, 11) is 3.55. The van der Waals surface area contributed by atoms with Crippen molar-refractivity contribution in [3.63, 3.8) is 0 Å². The van der Waals surface area contributed by atoms with Crippen LogP contribution in [0, 0.1) is 0 Å². The first-order valence-electron chi connectivity index (χ1n) is 7.89. The van der Waals surface area contributed by atoms with E-state index in [9.17, 15) is 9.59 Å². The molecule has 0 unspecified atom stereocenters. The lowest BCUT2D eigenvalue weighted by molar-refractivity contribution is -0.124.